The highest BCUT2D eigenvalue weighted by Crippen LogP contribution is 2.33. The van der Waals surface area contributed by atoms with Crippen LogP contribution in [0.1, 0.15) is 36.6 Å². The van der Waals surface area contributed by atoms with Gasteiger partial charge in [0.05, 0.1) is 11.9 Å². The van der Waals surface area contributed by atoms with E-state index in [2.05, 4.69) is 46.3 Å². The molecular formula is C18H27N5OS. The Hall–Kier alpha value is -1.73. The van der Waals surface area contributed by atoms with Crippen LogP contribution in [0.5, 0.6) is 0 Å². The average Bonchev–Trinajstić information content (AvgIpc) is 2.90. The molecule has 2 aromatic heterocycles. The lowest BCUT2D eigenvalue weighted by Gasteiger charge is -2.32. The van der Waals surface area contributed by atoms with Crippen LogP contribution in [-0.4, -0.2) is 53.0 Å². The lowest BCUT2D eigenvalue weighted by Crippen LogP contribution is -2.44. The number of hydrogen-bond acceptors (Lipinski definition) is 6. The summed E-state index contributed by atoms with van der Waals surface area (Å²) in [5, 5.41) is 7.72. The van der Waals surface area contributed by atoms with Gasteiger partial charge >= 0.3 is 0 Å². The summed E-state index contributed by atoms with van der Waals surface area (Å²) in [6.07, 6.45) is 4.67. The molecule has 0 unspecified atom stereocenters. The molecule has 1 saturated heterocycles. The van der Waals surface area contributed by atoms with Crippen LogP contribution in [0, 0.1) is 13.8 Å². The van der Waals surface area contributed by atoms with E-state index >= 15 is 0 Å². The van der Waals surface area contributed by atoms with Gasteiger partial charge in [0.25, 0.3) is 0 Å². The van der Waals surface area contributed by atoms with Crippen molar-refractivity contribution in [1.82, 2.24) is 20.2 Å². The summed E-state index contributed by atoms with van der Waals surface area (Å²) < 4.78 is 0. The van der Waals surface area contributed by atoms with Crippen LogP contribution >= 0.6 is 11.3 Å². The van der Waals surface area contributed by atoms with Crippen molar-refractivity contribution in [2.45, 2.75) is 46.1 Å². The molecule has 2 aromatic rings. The summed E-state index contributed by atoms with van der Waals surface area (Å²) in [7, 11) is 0. The maximum absolute atomic E-state index is 11.8. The zero-order valence-electron chi connectivity index (χ0n) is 15.3. The quantitative estimate of drug-likeness (QED) is 0.828. The maximum atomic E-state index is 11.8. The molecular weight excluding hydrogens is 334 g/mol. The molecule has 136 valence electrons. The van der Waals surface area contributed by atoms with E-state index in [9.17, 15) is 4.79 Å². The number of fused-ring (bicyclic) bond motifs is 1. The molecule has 0 saturated carbocycles. The molecule has 25 heavy (non-hydrogen) atoms. The zero-order valence-corrected chi connectivity index (χ0v) is 16.1. The highest BCUT2D eigenvalue weighted by molar-refractivity contribution is 7.18. The van der Waals surface area contributed by atoms with Gasteiger partial charge in [-0.2, -0.15) is 0 Å². The third kappa shape index (κ3) is 4.27. The number of carbonyl (C=O) groups is 1. The van der Waals surface area contributed by atoms with Crippen molar-refractivity contribution >= 4 is 33.3 Å². The van der Waals surface area contributed by atoms with Crippen LogP contribution in [0.3, 0.4) is 0 Å². The second kappa shape index (κ2) is 8.10. The Morgan fingerprint density at radius 2 is 2.08 bits per heavy atom. The predicted octanol–water partition coefficient (Wildman–Crippen LogP) is 2.71. The Morgan fingerprint density at radius 3 is 2.80 bits per heavy atom. The fourth-order valence-corrected chi connectivity index (χ4v) is 4.24. The molecule has 0 aromatic carbocycles. The van der Waals surface area contributed by atoms with Gasteiger partial charge in [-0.15, -0.1) is 11.3 Å². The summed E-state index contributed by atoms with van der Waals surface area (Å²) >= 11 is 1.72. The lowest BCUT2D eigenvalue weighted by atomic mass is 10.0. The van der Waals surface area contributed by atoms with Gasteiger partial charge in [0.15, 0.2) is 0 Å². The minimum atomic E-state index is 0.134. The number of aromatic nitrogens is 2. The van der Waals surface area contributed by atoms with E-state index in [0.29, 0.717) is 12.6 Å². The molecule has 0 spiro atoms. The summed E-state index contributed by atoms with van der Waals surface area (Å²) in [4.78, 5) is 25.3. The van der Waals surface area contributed by atoms with Gasteiger partial charge < -0.3 is 10.6 Å². The summed E-state index contributed by atoms with van der Waals surface area (Å²) in [6.45, 7) is 9.49. The van der Waals surface area contributed by atoms with E-state index in [1.54, 1.807) is 17.7 Å². The van der Waals surface area contributed by atoms with Gasteiger partial charge in [0.2, 0.25) is 5.91 Å². The molecule has 0 radical (unpaired) electrons. The first kappa shape index (κ1) is 18.1. The van der Waals surface area contributed by atoms with Crippen molar-refractivity contribution in [2.24, 2.45) is 0 Å². The van der Waals surface area contributed by atoms with E-state index in [-0.39, 0.29) is 5.91 Å². The Kier molecular flexibility index (Phi) is 5.86. The molecule has 0 bridgehead atoms. The van der Waals surface area contributed by atoms with Gasteiger partial charge in [-0.05, 0) is 38.7 Å². The van der Waals surface area contributed by atoms with Crippen molar-refractivity contribution in [2.75, 3.05) is 31.5 Å². The molecule has 1 fully saturated rings. The number of piperidine rings is 1. The SMILES string of the molecule is CCCNC(=O)CN1CCC(Nc2ncnc3sc(C)c(C)c23)CC1. The topological polar surface area (TPSA) is 70.2 Å². The normalized spacial score (nSPS) is 16.3. The highest BCUT2D eigenvalue weighted by atomic mass is 32.1. The molecule has 3 rings (SSSR count). The number of rotatable bonds is 6. The number of amides is 1. The van der Waals surface area contributed by atoms with Gasteiger partial charge in [-0.3, -0.25) is 9.69 Å². The van der Waals surface area contributed by atoms with Crippen LogP contribution in [0.2, 0.25) is 0 Å². The van der Waals surface area contributed by atoms with Crippen molar-refractivity contribution in [3.63, 3.8) is 0 Å². The van der Waals surface area contributed by atoms with Crippen molar-refractivity contribution in [3.8, 4) is 0 Å². The Morgan fingerprint density at radius 1 is 1.32 bits per heavy atom. The molecule has 6 nitrogen and oxygen atoms in total. The molecule has 3 heterocycles. The second-order valence-corrected chi connectivity index (χ2v) is 7.93. The summed E-state index contributed by atoms with van der Waals surface area (Å²) in [5.41, 5.74) is 1.27. The van der Waals surface area contributed by atoms with Gasteiger partial charge in [0, 0.05) is 30.6 Å². The second-order valence-electron chi connectivity index (χ2n) is 6.73. The van der Waals surface area contributed by atoms with Crippen LogP contribution in [0.25, 0.3) is 10.2 Å². The zero-order chi connectivity index (χ0) is 17.8. The van der Waals surface area contributed by atoms with Crippen LogP contribution in [-0.2, 0) is 4.79 Å². The average molecular weight is 362 g/mol. The number of anilines is 1. The van der Waals surface area contributed by atoms with Crippen molar-refractivity contribution in [1.29, 1.82) is 0 Å². The minimum Gasteiger partial charge on any atom is -0.367 e. The highest BCUT2D eigenvalue weighted by Gasteiger charge is 2.22. The Balaban J connectivity index is 1.57. The van der Waals surface area contributed by atoms with Crippen LogP contribution < -0.4 is 10.6 Å². The molecule has 1 aliphatic heterocycles. The predicted molar refractivity (Wildman–Crippen MR) is 103 cm³/mol. The molecule has 1 amide bonds. The third-order valence-corrected chi connectivity index (χ3v) is 5.95. The first-order valence-corrected chi connectivity index (χ1v) is 9.86. The number of carbonyl (C=O) groups excluding carboxylic acids is 1. The molecule has 7 heteroatoms. The summed E-state index contributed by atoms with van der Waals surface area (Å²) in [6, 6.07) is 0.396. The number of nitrogens with zero attached hydrogens (tertiary/aromatic N) is 3. The van der Waals surface area contributed by atoms with E-state index < -0.39 is 0 Å². The lowest BCUT2D eigenvalue weighted by molar-refractivity contribution is -0.122. The molecule has 0 aliphatic carbocycles. The van der Waals surface area contributed by atoms with Crippen molar-refractivity contribution in [3.05, 3.63) is 16.8 Å². The monoisotopic (exact) mass is 361 g/mol. The van der Waals surface area contributed by atoms with E-state index in [1.807, 2.05) is 0 Å². The minimum absolute atomic E-state index is 0.134. The molecule has 2 N–H and O–H groups in total. The number of hydrogen-bond donors (Lipinski definition) is 2. The van der Waals surface area contributed by atoms with Gasteiger partial charge in [-0.1, -0.05) is 6.92 Å². The van der Waals surface area contributed by atoms with Gasteiger partial charge in [0.1, 0.15) is 17.0 Å². The fraction of sp³-hybridized carbons (Fsp3) is 0.611. The fourth-order valence-electron chi connectivity index (χ4n) is 3.24. The molecule has 0 atom stereocenters. The van der Waals surface area contributed by atoms with Gasteiger partial charge in [-0.25, -0.2) is 9.97 Å². The standard InChI is InChI=1S/C18H27N5OS/c1-4-7-19-15(24)10-23-8-5-14(6-9-23)22-17-16-12(2)13(3)25-18(16)21-11-20-17/h11,14H,4-10H2,1-3H3,(H,19,24)(H,20,21,22). The Bertz CT molecular complexity index is 736. The van der Waals surface area contributed by atoms with Crippen molar-refractivity contribution < 1.29 is 4.79 Å². The summed E-state index contributed by atoms with van der Waals surface area (Å²) in [5.74, 6) is 1.08. The number of thiophene rings is 1. The van der Waals surface area contributed by atoms with E-state index in [0.717, 1.165) is 54.9 Å². The largest absolute Gasteiger partial charge is 0.367 e. The maximum Gasteiger partial charge on any atom is 0.234 e. The third-order valence-electron chi connectivity index (χ3n) is 4.83. The Labute approximate surface area is 153 Å². The number of likely N-dealkylation sites (tertiary alicyclic amines) is 1. The van der Waals surface area contributed by atoms with Crippen LogP contribution in [0.15, 0.2) is 6.33 Å². The number of nitrogens with one attached hydrogen (secondary N) is 2. The molecule has 1 aliphatic rings. The van der Waals surface area contributed by atoms with E-state index in [4.69, 9.17) is 0 Å². The van der Waals surface area contributed by atoms with E-state index in [1.165, 1.54) is 10.4 Å². The van der Waals surface area contributed by atoms with Crippen LogP contribution in [0.4, 0.5) is 5.82 Å². The number of aryl methyl sites for hydroxylation is 2. The smallest absolute Gasteiger partial charge is 0.234 e. The first-order valence-electron chi connectivity index (χ1n) is 9.04. The first-order chi connectivity index (χ1) is 12.1.